The summed E-state index contributed by atoms with van der Waals surface area (Å²) < 4.78 is 5.88. The molecule has 1 aliphatic rings. The molecule has 0 aliphatic heterocycles. The SMILES string of the molecule is ClCc1cnc(OC2CCCCCC2)c(Cl)c1. The van der Waals surface area contributed by atoms with E-state index in [-0.39, 0.29) is 6.10 Å². The van der Waals surface area contributed by atoms with E-state index in [2.05, 4.69) is 4.98 Å². The van der Waals surface area contributed by atoms with E-state index in [0.717, 1.165) is 18.4 Å². The first kappa shape index (κ1) is 13.0. The van der Waals surface area contributed by atoms with E-state index in [0.29, 0.717) is 16.8 Å². The molecule has 17 heavy (non-hydrogen) atoms. The number of halogens is 2. The van der Waals surface area contributed by atoms with Crippen LogP contribution in [0.25, 0.3) is 0 Å². The molecule has 0 radical (unpaired) electrons. The van der Waals surface area contributed by atoms with Crippen LogP contribution in [0.1, 0.15) is 44.1 Å². The van der Waals surface area contributed by atoms with Crippen LogP contribution in [-0.4, -0.2) is 11.1 Å². The maximum absolute atomic E-state index is 6.12. The molecule has 1 aromatic heterocycles. The number of alkyl halides is 1. The summed E-state index contributed by atoms with van der Waals surface area (Å²) in [5, 5.41) is 0.562. The van der Waals surface area contributed by atoms with Gasteiger partial charge in [0.15, 0.2) is 0 Å². The van der Waals surface area contributed by atoms with Crippen molar-refractivity contribution in [1.29, 1.82) is 0 Å². The van der Waals surface area contributed by atoms with Crippen molar-refractivity contribution in [1.82, 2.24) is 4.98 Å². The van der Waals surface area contributed by atoms with Gasteiger partial charge in [0, 0.05) is 12.1 Å². The first-order chi connectivity index (χ1) is 8.29. The number of pyridine rings is 1. The van der Waals surface area contributed by atoms with Crippen molar-refractivity contribution in [3.63, 3.8) is 0 Å². The quantitative estimate of drug-likeness (QED) is 0.594. The second-order valence-corrected chi connectivity index (χ2v) is 5.17. The van der Waals surface area contributed by atoms with Gasteiger partial charge in [-0.25, -0.2) is 4.98 Å². The molecule has 0 atom stereocenters. The predicted octanol–water partition coefficient (Wildman–Crippen LogP) is 4.58. The third-order valence-corrected chi connectivity index (χ3v) is 3.68. The predicted molar refractivity (Wildman–Crippen MR) is 70.9 cm³/mol. The molecule has 0 aromatic carbocycles. The first-order valence-corrected chi connectivity index (χ1v) is 7.08. The molecule has 2 nitrogen and oxygen atoms in total. The van der Waals surface area contributed by atoms with Gasteiger partial charge in [-0.2, -0.15) is 0 Å². The highest BCUT2D eigenvalue weighted by molar-refractivity contribution is 6.32. The number of aromatic nitrogens is 1. The molecule has 1 fully saturated rings. The summed E-state index contributed by atoms with van der Waals surface area (Å²) in [6.45, 7) is 0. The van der Waals surface area contributed by atoms with Crippen molar-refractivity contribution in [2.24, 2.45) is 0 Å². The average molecular weight is 274 g/mol. The molecular weight excluding hydrogens is 257 g/mol. The summed E-state index contributed by atoms with van der Waals surface area (Å²) in [4.78, 5) is 4.24. The van der Waals surface area contributed by atoms with E-state index in [1.165, 1.54) is 25.7 Å². The van der Waals surface area contributed by atoms with Crippen LogP contribution in [-0.2, 0) is 5.88 Å². The van der Waals surface area contributed by atoms with Crippen LogP contribution in [0.3, 0.4) is 0 Å². The standard InChI is InChI=1S/C13H17Cl2NO/c14-8-10-7-12(15)13(16-9-10)17-11-5-3-1-2-4-6-11/h7,9,11H,1-6,8H2. The number of rotatable bonds is 3. The lowest BCUT2D eigenvalue weighted by Crippen LogP contribution is -2.16. The Bertz CT molecular complexity index is 362. The molecular formula is C13H17Cl2NO. The number of ether oxygens (including phenoxy) is 1. The van der Waals surface area contributed by atoms with Crippen molar-refractivity contribution in [2.75, 3.05) is 0 Å². The lowest BCUT2D eigenvalue weighted by Gasteiger charge is -2.17. The zero-order chi connectivity index (χ0) is 12.1. The molecule has 1 heterocycles. The van der Waals surface area contributed by atoms with Crippen LogP contribution in [0.15, 0.2) is 12.3 Å². The zero-order valence-electron chi connectivity index (χ0n) is 9.79. The summed E-state index contributed by atoms with van der Waals surface area (Å²) >= 11 is 11.8. The maximum atomic E-state index is 6.12. The van der Waals surface area contributed by atoms with Crippen molar-refractivity contribution in [2.45, 2.75) is 50.5 Å². The molecule has 0 bridgehead atoms. The zero-order valence-corrected chi connectivity index (χ0v) is 11.3. The Morgan fingerprint density at radius 2 is 1.94 bits per heavy atom. The van der Waals surface area contributed by atoms with E-state index in [4.69, 9.17) is 27.9 Å². The molecule has 0 saturated heterocycles. The van der Waals surface area contributed by atoms with Gasteiger partial charge in [-0.05, 0) is 37.3 Å². The molecule has 0 N–H and O–H groups in total. The highest BCUT2D eigenvalue weighted by Gasteiger charge is 2.16. The van der Waals surface area contributed by atoms with Gasteiger partial charge in [0.25, 0.3) is 0 Å². The molecule has 1 aromatic rings. The van der Waals surface area contributed by atoms with Gasteiger partial charge in [0.2, 0.25) is 5.88 Å². The van der Waals surface area contributed by atoms with Crippen LogP contribution in [0.2, 0.25) is 5.02 Å². The van der Waals surface area contributed by atoms with Crippen molar-refractivity contribution >= 4 is 23.2 Å². The van der Waals surface area contributed by atoms with E-state index >= 15 is 0 Å². The minimum atomic E-state index is 0.268. The third-order valence-electron chi connectivity index (χ3n) is 3.10. The molecule has 1 aliphatic carbocycles. The number of hydrogen-bond acceptors (Lipinski definition) is 2. The fourth-order valence-corrected chi connectivity index (χ4v) is 2.52. The Morgan fingerprint density at radius 3 is 2.53 bits per heavy atom. The van der Waals surface area contributed by atoms with E-state index in [1.54, 1.807) is 6.20 Å². The van der Waals surface area contributed by atoms with Crippen LogP contribution in [0.5, 0.6) is 5.88 Å². The fourth-order valence-electron chi connectivity index (χ4n) is 2.14. The molecule has 0 unspecified atom stereocenters. The highest BCUT2D eigenvalue weighted by atomic mass is 35.5. The lowest BCUT2D eigenvalue weighted by molar-refractivity contribution is 0.176. The van der Waals surface area contributed by atoms with Crippen LogP contribution < -0.4 is 4.74 Å². The lowest BCUT2D eigenvalue weighted by atomic mass is 10.1. The Balaban J connectivity index is 2.01. The van der Waals surface area contributed by atoms with Gasteiger partial charge in [-0.15, -0.1) is 11.6 Å². The van der Waals surface area contributed by atoms with Gasteiger partial charge >= 0.3 is 0 Å². The van der Waals surface area contributed by atoms with Crippen LogP contribution in [0.4, 0.5) is 0 Å². The van der Waals surface area contributed by atoms with Crippen LogP contribution >= 0.6 is 23.2 Å². The van der Waals surface area contributed by atoms with E-state index in [1.807, 2.05) is 6.07 Å². The van der Waals surface area contributed by atoms with Gasteiger partial charge in [-0.3, -0.25) is 0 Å². The second kappa shape index (κ2) is 6.46. The molecule has 0 spiro atoms. The van der Waals surface area contributed by atoms with Gasteiger partial charge in [0.1, 0.15) is 11.1 Å². The van der Waals surface area contributed by atoms with Crippen molar-refractivity contribution < 1.29 is 4.74 Å². The summed E-state index contributed by atoms with van der Waals surface area (Å²) in [6.07, 6.45) is 9.31. The number of hydrogen-bond donors (Lipinski definition) is 0. The van der Waals surface area contributed by atoms with Crippen molar-refractivity contribution in [3.05, 3.63) is 22.8 Å². The summed E-state index contributed by atoms with van der Waals surface area (Å²) in [7, 11) is 0. The summed E-state index contributed by atoms with van der Waals surface area (Å²) in [5.41, 5.74) is 0.921. The van der Waals surface area contributed by atoms with Crippen LogP contribution in [0, 0.1) is 0 Å². The Kier molecular flexibility index (Phi) is 4.93. The number of nitrogens with zero attached hydrogens (tertiary/aromatic N) is 1. The van der Waals surface area contributed by atoms with Gasteiger partial charge in [-0.1, -0.05) is 24.4 Å². The van der Waals surface area contributed by atoms with Gasteiger partial charge in [0.05, 0.1) is 0 Å². The second-order valence-electron chi connectivity index (χ2n) is 4.50. The maximum Gasteiger partial charge on any atom is 0.232 e. The molecule has 94 valence electrons. The van der Waals surface area contributed by atoms with Gasteiger partial charge < -0.3 is 4.74 Å². The fraction of sp³-hybridized carbons (Fsp3) is 0.615. The topological polar surface area (TPSA) is 22.1 Å². The van der Waals surface area contributed by atoms with E-state index in [9.17, 15) is 0 Å². The van der Waals surface area contributed by atoms with Crippen molar-refractivity contribution in [3.8, 4) is 5.88 Å². The smallest absolute Gasteiger partial charge is 0.232 e. The normalized spacial score (nSPS) is 17.8. The molecule has 1 saturated carbocycles. The Labute approximate surface area is 112 Å². The Hall–Kier alpha value is -0.470. The molecule has 0 amide bonds. The summed E-state index contributed by atoms with van der Waals surface area (Å²) in [5.74, 6) is 0.976. The average Bonchev–Trinajstić information content (AvgIpc) is 2.60. The summed E-state index contributed by atoms with van der Waals surface area (Å²) in [6, 6.07) is 1.83. The molecule has 4 heteroatoms. The highest BCUT2D eigenvalue weighted by Crippen LogP contribution is 2.27. The minimum Gasteiger partial charge on any atom is -0.473 e. The first-order valence-electron chi connectivity index (χ1n) is 6.16. The Morgan fingerprint density at radius 1 is 1.24 bits per heavy atom. The monoisotopic (exact) mass is 273 g/mol. The third kappa shape index (κ3) is 3.75. The molecule has 2 rings (SSSR count). The van der Waals surface area contributed by atoms with E-state index < -0.39 is 0 Å². The minimum absolute atomic E-state index is 0.268. The largest absolute Gasteiger partial charge is 0.473 e.